The van der Waals surface area contributed by atoms with E-state index in [0.29, 0.717) is 0 Å². The quantitative estimate of drug-likeness (QED) is 0.835. The van der Waals surface area contributed by atoms with E-state index >= 15 is 0 Å². The molecule has 0 aliphatic carbocycles. The Morgan fingerprint density at radius 3 is 1.95 bits per heavy atom. The molecule has 0 fully saturated rings. The third kappa shape index (κ3) is 3.99. The lowest BCUT2D eigenvalue weighted by Gasteiger charge is -2.28. The third-order valence-electron chi connectivity index (χ3n) is 3.88. The summed E-state index contributed by atoms with van der Waals surface area (Å²) in [6, 6.07) is 20.4. The van der Waals surface area contributed by atoms with Gasteiger partial charge in [0, 0.05) is 11.7 Å². The van der Waals surface area contributed by atoms with Crippen LogP contribution in [0.1, 0.15) is 33.3 Å². The van der Waals surface area contributed by atoms with E-state index in [1.54, 1.807) is 0 Å². The van der Waals surface area contributed by atoms with E-state index in [2.05, 4.69) is 31.3 Å². The predicted octanol–water partition coefficient (Wildman–Crippen LogP) is 4.73. The van der Waals surface area contributed by atoms with Crippen molar-refractivity contribution in [3.05, 3.63) is 71.8 Å². The molecule has 0 radical (unpaired) electrons. The van der Waals surface area contributed by atoms with Crippen molar-refractivity contribution in [3.8, 4) is 0 Å². The molecule has 2 rings (SSSR count). The fraction of sp³-hybridized carbons (Fsp3) is 0.300. The lowest BCUT2D eigenvalue weighted by atomic mass is 9.85. The second-order valence-electron chi connectivity index (χ2n) is 6.22. The van der Waals surface area contributed by atoms with Gasteiger partial charge in [-0.15, -0.1) is 0 Å². The average molecular weight is 295 g/mol. The summed E-state index contributed by atoms with van der Waals surface area (Å²) in [4.78, 5) is 0. The molecule has 0 saturated carbocycles. The fourth-order valence-corrected chi connectivity index (χ4v) is 2.78. The summed E-state index contributed by atoms with van der Waals surface area (Å²) in [6.45, 7) is 7.89. The van der Waals surface area contributed by atoms with Crippen molar-refractivity contribution in [2.45, 2.75) is 39.3 Å². The van der Waals surface area contributed by atoms with Gasteiger partial charge in [-0.05, 0) is 56.5 Å². The number of para-hydroxylation sites is 1. The van der Waals surface area contributed by atoms with Crippen LogP contribution in [0.4, 0.5) is 5.69 Å². The molecule has 2 heteroatoms. The van der Waals surface area contributed by atoms with Crippen molar-refractivity contribution in [1.82, 2.24) is 0 Å². The predicted molar refractivity (Wildman–Crippen MR) is 94.9 cm³/mol. The van der Waals surface area contributed by atoms with Crippen LogP contribution in [0.5, 0.6) is 0 Å². The summed E-state index contributed by atoms with van der Waals surface area (Å²) in [6.07, 6.45) is 0. The van der Waals surface area contributed by atoms with E-state index in [4.69, 9.17) is 0 Å². The van der Waals surface area contributed by atoms with Gasteiger partial charge in [-0.2, -0.15) is 0 Å². The number of hydrogen-bond acceptors (Lipinski definition) is 2. The summed E-state index contributed by atoms with van der Waals surface area (Å²) in [5, 5.41) is 14.1. The molecule has 0 saturated heterocycles. The van der Waals surface area contributed by atoms with Gasteiger partial charge in [0.25, 0.3) is 0 Å². The molecule has 1 atom stereocenters. The van der Waals surface area contributed by atoms with E-state index in [-0.39, 0.29) is 6.04 Å². The summed E-state index contributed by atoms with van der Waals surface area (Å²) in [5.74, 6) is 0. The van der Waals surface area contributed by atoms with Crippen molar-refractivity contribution in [2.75, 3.05) is 5.32 Å². The number of hydrogen-bond donors (Lipinski definition) is 2. The van der Waals surface area contributed by atoms with Crippen LogP contribution in [0, 0.1) is 0 Å². The minimum Gasteiger partial charge on any atom is -0.386 e. The normalized spacial score (nSPS) is 14.2. The Hall–Kier alpha value is -2.06. The van der Waals surface area contributed by atoms with Gasteiger partial charge in [0.2, 0.25) is 0 Å². The van der Waals surface area contributed by atoms with E-state index in [9.17, 15) is 5.11 Å². The zero-order chi connectivity index (χ0) is 16.2. The molecule has 0 aliphatic rings. The van der Waals surface area contributed by atoms with E-state index in [1.165, 1.54) is 0 Å². The van der Waals surface area contributed by atoms with Crippen LogP contribution in [0.3, 0.4) is 0 Å². The first-order valence-corrected chi connectivity index (χ1v) is 7.70. The highest BCUT2D eigenvalue weighted by atomic mass is 16.3. The van der Waals surface area contributed by atoms with E-state index in [0.717, 1.165) is 22.4 Å². The van der Waals surface area contributed by atoms with Crippen molar-refractivity contribution >= 4 is 11.3 Å². The van der Waals surface area contributed by atoms with Crippen LogP contribution in [0.25, 0.3) is 5.57 Å². The minimum absolute atomic E-state index is 0.129. The molecule has 2 aromatic rings. The smallest absolute Gasteiger partial charge is 0.0846 e. The summed E-state index contributed by atoms with van der Waals surface area (Å²) in [7, 11) is 0. The molecular formula is C20H25NO. The highest BCUT2D eigenvalue weighted by molar-refractivity contribution is 5.75. The zero-order valence-electron chi connectivity index (χ0n) is 13.8. The Morgan fingerprint density at radius 1 is 0.955 bits per heavy atom. The molecule has 0 heterocycles. The van der Waals surface area contributed by atoms with Crippen molar-refractivity contribution in [3.63, 3.8) is 0 Å². The highest BCUT2D eigenvalue weighted by Gasteiger charge is 2.25. The van der Waals surface area contributed by atoms with Gasteiger partial charge < -0.3 is 10.4 Å². The van der Waals surface area contributed by atoms with Gasteiger partial charge in [-0.25, -0.2) is 0 Å². The SMILES string of the molecule is C/C(=C(\c1ccccc1)C(C)(C)O)C(C)Nc1ccccc1. The first-order chi connectivity index (χ1) is 10.4. The first kappa shape index (κ1) is 16.3. The Labute approximate surface area is 133 Å². The second-order valence-corrected chi connectivity index (χ2v) is 6.22. The van der Waals surface area contributed by atoms with Crippen LogP contribution < -0.4 is 5.32 Å². The van der Waals surface area contributed by atoms with Crippen LogP contribution in [0.15, 0.2) is 66.2 Å². The molecule has 2 nitrogen and oxygen atoms in total. The highest BCUT2D eigenvalue weighted by Crippen LogP contribution is 2.32. The topological polar surface area (TPSA) is 32.3 Å². The number of aliphatic hydroxyl groups is 1. The Kier molecular flexibility index (Phi) is 5.04. The van der Waals surface area contributed by atoms with Gasteiger partial charge in [-0.1, -0.05) is 48.5 Å². The third-order valence-corrected chi connectivity index (χ3v) is 3.88. The molecule has 116 valence electrons. The number of anilines is 1. The molecule has 22 heavy (non-hydrogen) atoms. The summed E-state index contributed by atoms with van der Waals surface area (Å²) < 4.78 is 0. The molecule has 0 bridgehead atoms. The van der Waals surface area contributed by atoms with Crippen molar-refractivity contribution in [2.24, 2.45) is 0 Å². The van der Waals surface area contributed by atoms with Crippen LogP contribution in [-0.4, -0.2) is 16.7 Å². The van der Waals surface area contributed by atoms with Crippen molar-refractivity contribution in [1.29, 1.82) is 0 Å². The standard InChI is InChI=1S/C20H25NO/c1-15(16(2)21-18-13-9-6-10-14-18)19(20(3,4)22)17-11-7-5-8-12-17/h5-14,16,21-22H,1-4H3/b19-15-. The largest absolute Gasteiger partial charge is 0.386 e. The maximum Gasteiger partial charge on any atom is 0.0846 e. The second kappa shape index (κ2) is 6.80. The summed E-state index contributed by atoms with van der Waals surface area (Å²) >= 11 is 0. The molecule has 0 amide bonds. The maximum atomic E-state index is 10.6. The van der Waals surface area contributed by atoms with Crippen LogP contribution >= 0.6 is 0 Å². The average Bonchev–Trinajstić information content (AvgIpc) is 2.48. The lowest BCUT2D eigenvalue weighted by Crippen LogP contribution is -2.27. The molecule has 2 aromatic carbocycles. The van der Waals surface area contributed by atoms with E-state index in [1.807, 2.05) is 62.4 Å². The van der Waals surface area contributed by atoms with Gasteiger partial charge >= 0.3 is 0 Å². The molecule has 0 aromatic heterocycles. The Bertz CT molecular complexity index is 624. The first-order valence-electron chi connectivity index (χ1n) is 7.70. The summed E-state index contributed by atoms with van der Waals surface area (Å²) in [5.41, 5.74) is 3.37. The van der Waals surface area contributed by atoms with Gasteiger partial charge in [0.1, 0.15) is 0 Å². The van der Waals surface area contributed by atoms with Gasteiger partial charge in [-0.3, -0.25) is 0 Å². The monoisotopic (exact) mass is 295 g/mol. The zero-order valence-corrected chi connectivity index (χ0v) is 13.8. The van der Waals surface area contributed by atoms with Crippen molar-refractivity contribution < 1.29 is 5.11 Å². The lowest BCUT2D eigenvalue weighted by molar-refractivity contribution is 0.143. The number of benzene rings is 2. The Balaban J connectivity index is 2.37. The molecule has 0 aliphatic heterocycles. The van der Waals surface area contributed by atoms with Gasteiger partial charge in [0.05, 0.1) is 5.60 Å². The minimum atomic E-state index is -0.891. The molecular weight excluding hydrogens is 270 g/mol. The van der Waals surface area contributed by atoms with Crippen LogP contribution in [-0.2, 0) is 0 Å². The van der Waals surface area contributed by atoms with E-state index < -0.39 is 5.60 Å². The fourth-order valence-electron chi connectivity index (χ4n) is 2.78. The molecule has 1 unspecified atom stereocenters. The maximum absolute atomic E-state index is 10.6. The molecule has 0 spiro atoms. The number of rotatable bonds is 5. The van der Waals surface area contributed by atoms with Gasteiger partial charge in [0.15, 0.2) is 0 Å². The van der Waals surface area contributed by atoms with Crippen LogP contribution in [0.2, 0.25) is 0 Å². The Morgan fingerprint density at radius 2 is 1.45 bits per heavy atom. The number of nitrogens with one attached hydrogen (secondary N) is 1. The molecule has 2 N–H and O–H groups in total.